The van der Waals surface area contributed by atoms with Crippen LogP contribution in [0.2, 0.25) is 0 Å². The van der Waals surface area contributed by atoms with E-state index < -0.39 is 52.3 Å². The van der Waals surface area contributed by atoms with E-state index in [0.29, 0.717) is 11.1 Å². The van der Waals surface area contributed by atoms with Gasteiger partial charge in [-0.2, -0.15) is 5.01 Å². The Balaban J connectivity index is 1.68. The van der Waals surface area contributed by atoms with E-state index in [0.717, 1.165) is 30.3 Å². The number of nitrogens with zero attached hydrogens (tertiary/aromatic N) is 2. The fourth-order valence-electron chi connectivity index (χ4n) is 2.34. The Kier molecular flexibility index (Phi) is 4.50. The Morgan fingerprint density at radius 2 is 1.81 bits per heavy atom. The lowest BCUT2D eigenvalue weighted by molar-refractivity contribution is -0.384. The zero-order valence-corrected chi connectivity index (χ0v) is 13.3. The van der Waals surface area contributed by atoms with Gasteiger partial charge in [-0.3, -0.25) is 29.9 Å². The summed E-state index contributed by atoms with van der Waals surface area (Å²) in [5.74, 6) is -5.07. The van der Waals surface area contributed by atoms with Gasteiger partial charge in [0.05, 0.1) is 16.1 Å². The van der Waals surface area contributed by atoms with Crippen molar-refractivity contribution in [3.05, 3.63) is 69.3 Å². The summed E-state index contributed by atoms with van der Waals surface area (Å²) in [5.41, 5.74) is 1.24. The van der Waals surface area contributed by atoms with Crippen LogP contribution in [-0.2, 0) is 4.79 Å². The smallest absolute Gasteiger partial charge is 0.280 e. The van der Waals surface area contributed by atoms with E-state index in [-0.39, 0.29) is 11.1 Å². The fourth-order valence-corrected chi connectivity index (χ4v) is 2.34. The first-order chi connectivity index (χ1) is 12.8. The predicted octanol–water partition coefficient (Wildman–Crippen LogP) is 1.58. The first kappa shape index (κ1) is 17.9. The number of fused-ring (bicyclic) bond motifs is 1. The van der Waals surface area contributed by atoms with Gasteiger partial charge in [0.25, 0.3) is 23.4 Å². The first-order valence-corrected chi connectivity index (χ1v) is 7.32. The van der Waals surface area contributed by atoms with Crippen LogP contribution in [0, 0.1) is 21.7 Å². The monoisotopic (exact) mass is 377 g/mol. The highest BCUT2D eigenvalue weighted by molar-refractivity contribution is 6.22. The summed E-state index contributed by atoms with van der Waals surface area (Å²) in [6.45, 7) is -0.768. The standard InChI is InChI=1S/C16H9F2N3O6/c17-8-1-4-13(12(18)5-8)27-7-14(22)19-20-15(23)10-3-2-9(21(25)26)6-11(10)16(20)24/h1-6H,7H2,(H,19,22). The van der Waals surface area contributed by atoms with Crippen molar-refractivity contribution in [1.82, 2.24) is 10.4 Å². The summed E-state index contributed by atoms with van der Waals surface area (Å²) in [5, 5.41) is 11.1. The van der Waals surface area contributed by atoms with E-state index in [1.165, 1.54) is 0 Å². The molecule has 3 rings (SSSR count). The van der Waals surface area contributed by atoms with E-state index in [1.807, 2.05) is 5.43 Å². The lowest BCUT2D eigenvalue weighted by atomic mass is 10.1. The predicted molar refractivity (Wildman–Crippen MR) is 83.6 cm³/mol. The minimum absolute atomic E-state index is 0.114. The fraction of sp³-hybridized carbons (Fsp3) is 0.0625. The molecule has 0 fully saturated rings. The third-order valence-electron chi connectivity index (χ3n) is 3.57. The lowest BCUT2D eigenvalue weighted by Gasteiger charge is -2.15. The highest BCUT2D eigenvalue weighted by Crippen LogP contribution is 2.25. The molecule has 0 atom stereocenters. The van der Waals surface area contributed by atoms with Gasteiger partial charge >= 0.3 is 0 Å². The molecule has 0 unspecified atom stereocenters. The molecule has 138 valence electrons. The molecular weight excluding hydrogens is 368 g/mol. The Hall–Kier alpha value is -3.89. The molecule has 0 spiro atoms. The molecule has 0 saturated heterocycles. The van der Waals surface area contributed by atoms with E-state index in [1.54, 1.807) is 0 Å². The molecule has 27 heavy (non-hydrogen) atoms. The van der Waals surface area contributed by atoms with E-state index in [4.69, 9.17) is 4.74 Å². The van der Waals surface area contributed by atoms with Crippen molar-refractivity contribution in [3.63, 3.8) is 0 Å². The van der Waals surface area contributed by atoms with Crippen molar-refractivity contribution in [2.75, 3.05) is 6.61 Å². The van der Waals surface area contributed by atoms with Crippen LogP contribution in [0.25, 0.3) is 0 Å². The number of nitrogens with one attached hydrogen (secondary N) is 1. The summed E-state index contributed by atoms with van der Waals surface area (Å²) >= 11 is 0. The number of nitro groups is 1. The van der Waals surface area contributed by atoms with Crippen molar-refractivity contribution in [2.45, 2.75) is 0 Å². The van der Waals surface area contributed by atoms with Gasteiger partial charge in [-0.15, -0.1) is 0 Å². The molecule has 0 aromatic heterocycles. The van der Waals surface area contributed by atoms with E-state index in [9.17, 15) is 33.3 Å². The molecule has 1 heterocycles. The van der Waals surface area contributed by atoms with Gasteiger partial charge in [0.2, 0.25) is 0 Å². The zero-order valence-electron chi connectivity index (χ0n) is 13.3. The quantitative estimate of drug-likeness (QED) is 0.480. The van der Waals surface area contributed by atoms with Gasteiger partial charge < -0.3 is 4.74 Å². The van der Waals surface area contributed by atoms with Gasteiger partial charge in [0.15, 0.2) is 18.2 Å². The van der Waals surface area contributed by atoms with Crippen LogP contribution in [0.4, 0.5) is 14.5 Å². The van der Waals surface area contributed by atoms with Crippen LogP contribution in [0.5, 0.6) is 5.75 Å². The zero-order chi connectivity index (χ0) is 19.7. The number of carbonyl (C=O) groups is 3. The lowest BCUT2D eigenvalue weighted by Crippen LogP contribution is -2.47. The summed E-state index contributed by atoms with van der Waals surface area (Å²) in [6.07, 6.45) is 0. The molecular formula is C16H9F2N3O6. The normalized spacial score (nSPS) is 12.7. The second-order valence-electron chi connectivity index (χ2n) is 5.33. The summed E-state index contributed by atoms with van der Waals surface area (Å²) in [4.78, 5) is 46.3. The molecule has 11 heteroatoms. The molecule has 0 saturated carbocycles. The Bertz CT molecular complexity index is 994. The molecule has 0 bridgehead atoms. The van der Waals surface area contributed by atoms with Gasteiger partial charge in [-0.05, 0) is 18.2 Å². The van der Waals surface area contributed by atoms with Crippen LogP contribution in [0.1, 0.15) is 20.7 Å². The maximum Gasteiger partial charge on any atom is 0.280 e. The molecule has 0 aliphatic carbocycles. The molecule has 9 nitrogen and oxygen atoms in total. The number of ether oxygens (including phenoxy) is 1. The third-order valence-corrected chi connectivity index (χ3v) is 3.57. The topological polar surface area (TPSA) is 119 Å². The average molecular weight is 377 g/mol. The second-order valence-corrected chi connectivity index (χ2v) is 5.33. The molecule has 2 aromatic carbocycles. The Morgan fingerprint density at radius 3 is 2.48 bits per heavy atom. The van der Waals surface area contributed by atoms with Crippen molar-refractivity contribution in [3.8, 4) is 5.75 Å². The van der Waals surface area contributed by atoms with Crippen LogP contribution in [-0.4, -0.2) is 34.3 Å². The molecule has 3 amide bonds. The maximum absolute atomic E-state index is 13.4. The SMILES string of the molecule is O=C(COc1ccc(F)cc1F)NN1C(=O)c2ccc([N+](=O)[O-])cc2C1=O. The number of hydrogen-bond donors (Lipinski definition) is 1. The number of amides is 3. The maximum atomic E-state index is 13.4. The summed E-state index contributed by atoms with van der Waals surface area (Å²) in [6, 6.07) is 5.53. The van der Waals surface area contributed by atoms with Gasteiger partial charge in [-0.25, -0.2) is 8.78 Å². The number of halogens is 2. The van der Waals surface area contributed by atoms with Crippen LogP contribution >= 0.6 is 0 Å². The molecule has 1 aliphatic rings. The van der Waals surface area contributed by atoms with E-state index in [2.05, 4.69) is 0 Å². The third kappa shape index (κ3) is 3.42. The average Bonchev–Trinajstić information content (AvgIpc) is 2.85. The molecule has 1 aliphatic heterocycles. The minimum atomic E-state index is -1.03. The largest absolute Gasteiger partial charge is 0.481 e. The molecule has 1 N–H and O–H groups in total. The van der Waals surface area contributed by atoms with Gasteiger partial charge in [-0.1, -0.05) is 0 Å². The second kappa shape index (κ2) is 6.78. The summed E-state index contributed by atoms with van der Waals surface area (Å²) < 4.78 is 31.1. The van der Waals surface area contributed by atoms with Crippen molar-refractivity contribution >= 4 is 23.4 Å². The number of carbonyl (C=O) groups excluding carboxylic acids is 3. The number of non-ortho nitro benzene ring substituents is 1. The Labute approximate surface area is 149 Å². The number of hydrogen-bond acceptors (Lipinski definition) is 6. The molecule has 2 aromatic rings. The van der Waals surface area contributed by atoms with Crippen molar-refractivity contribution in [2.24, 2.45) is 0 Å². The van der Waals surface area contributed by atoms with Crippen molar-refractivity contribution < 1.29 is 32.8 Å². The highest BCUT2D eigenvalue weighted by atomic mass is 19.1. The van der Waals surface area contributed by atoms with Gasteiger partial charge in [0.1, 0.15) is 5.82 Å². The van der Waals surface area contributed by atoms with Crippen LogP contribution < -0.4 is 10.2 Å². The van der Waals surface area contributed by atoms with Gasteiger partial charge in [0, 0.05) is 18.2 Å². The Morgan fingerprint density at radius 1 is 1.11 bits per heavy atom. The van der Waals surface area contributed by atoms with Crippen LogP contribution in [0.15, 0.2) is 36.4 Å². The number of hydrazine groups is 1. The highest BCUT2D eigenvalue weighted by Gasteiger charge is 2.38. The van der Waals surface area contributed by atoms with E-state index >= 15 is 0 Å². The molecule has 0 radical (unpaired) electrons. The summed E-state index contributed by atoms with van der Waals surface area (Å²) in [7, 11) is 0. The number of benzene rings is 2. The minimum Gasteiger partial charge on any atom is -0.481 e. The van der Waals surface area contributed by atoms with Crippen molar-refractivity contribution in [1.29, 1.82) is 0 Å². The first-order valence-electron chi connectivity index (χ1n) is 7.32. The van der Waals surface area contributed by atoms with Crippen LogP contribution in [0.3, 0.4) is 0 Å². The number of imide groups is 1. The number of nitro benzene ring substituents is 1. The number of rotatable bonds is 5.